The molecule has 1 fully saturated rings. The summed E-state index contributed by atoms with van der Waals surface area (Å²) in [7, 11) is 0. The van der Waals surface area contributed by atoms with Gasteiger partial charge in [-0.15, -0.1) is 0 Å². The van der Waals surface area contributed by atoms with E-state index >= 15 is 0 Å². The predicted molar refractivity (Wildman–Crippen MR) is 117 cm³/mol. The van der Waals surface area contributed by atoms with Gasteiger partial charge in [0.25, 0.3) is 0 Å². The highest BCUT2D eigenvalue weighted by atomic mass is 16.5. The molecule has 1 aromatic heterocycles. The fourth-order valence-electron chi connectivity index (χ4n) is 3.40. The minimum absolute atomic E-state index is 0.0785. The summed E-state index contributed by atoms with van der Waals surface area (Å²) in [5, 5.41) is 19.6. The fourth-order valence-corrected chi connectivity index (χ4v) is 3.40. The van der Waals surface area contributed by atoms with Crippen molar-refractivity contribution >= 4 is 6.08 Å². The van der Waals surface area contributed by atoms with E-state index in [0.717, 1.165) is 28.9 Å². The maximum Gasteiger partial charge on any atom is 0.137 e. The molecule has 30 heavy (non-hydrogen) atoms. The van der Waals surface area contributed by atoms with Gasteiger partial charge in [-0.05, 0) is 35.7 Å². The van der Waals surface area contributed by atoms with Crippen molar-refractivity contribution < 1.29 is 14.9 Å². The molecule has 0 radical (unpaired) electrons. The largest absolute Gasteiger partial charge is 0.489 e. The van der Waals surface area contributed by atoms with Crippen LogP contribution in [0.3, 0.4) is 0 Å². The third-order valence-electron chi connectivity index (χ3n) is 5.29. The molecule has 4 rings (SSSR count). The maximum atomic E-state index is 9.83. The first-order chi connectivity index (χ1) is 14.5. The van der Waals surface area contributed by atoms with Crippen molar-refractivity contribution in [2.75, 3.05) is 6.61 Å². The zero-order valence-corrected chi connectivity index (χ0v) is 16.9. The molecule has 1 saturated carbocycles. The Morgan fingerprint density at radius 3 is 2.37 bits per heavy atom. The van der Waals surface area contributed by atoms with Gasteiger partial charge in [-0.3, -0.25) is 0 Å². The molecule has 6 heteroatoms. The molecule has 3 aromatic rings. The van der Waals surface area contributed by atoms with Crippen LogP contribution < -0.4 is 10.5 Å². The lowest BCUT2D eigenvalue weighted by atomic mass is 10.0. The second-order valence-corrected chi connectivity index (χ2v) is 7.68. The van der Waals surface area contributed by atoms with Crippen molar-refractivity contribution in [3.8, 4) is 16.9 Å². The van der Waals surface area contributed by atoms with Crippen LogP contribution in [0.1, 0.15) is 36.9 Å². The van der Waals surface area contributed by atoms with Crippen LogP contribution in [0.5, 0.6) is 5.75 Å². The van der Waals surface area contributed by atoms with Gasteiger partial charge < -0.3 is 25.3 Å². The molecule has 1 heterocycles. The summed E-state index contributed by atoms with van der Waals surface area (Å²) < 4.78 is 7.57. The Bertz CT molecular complexity index is 993. The fraction of sp³-hybridized carbons (Fsp3) is 0.292. The molecule has 0 aliphatic heterocycles. The quantitative estimate of drug-likeness (QED) is 0.534. The van der Waals surface area contributed by atoms with Crippen molar-refractivity contribution in [2.45, 2.75) is 37.6 Å². The highest BCUT2D eigenvalue weighted by molar-refractivity contribution is 5.66. The van der Waals surface area contributed by atoms with Gasteiger partial charge in [-0.1, -0.05) is 48.6 Å². The van der Waals surface area contributed by atoms with Gasteiger partial charge >= 0.3 is 0 Å². The van der Waals surface area contributed by atoms with Crippen molar-refractivity contribution in [2.24, 2.45) is 5.73 Å². The summed E-state index contributed by atoms with van der Waals surface area (Å²) in [5.74, 6) is 1.38. The number of aliphatic hydroxyl groups is 2. The summed E-state index contributed by atoms with van der Waals surface area (Å²) in [6, 6.07) is 16.1. The lowest BCUT2D eigenvalue weighted by Crippen LogP contribution is -2.14. The number of aromatic nitrogens is 2. The molecule has 4 N–H and O–H groups in total. The van der Waals surface area contributed by atoms with Crippen molar-refractivity contribution in [1.29, 1.82) is 0 Å². The van der Waals surface area contributed by atoms with Gasteiger partial charge in [-0.2, -0.15) is 0 Å². The van der Waals surface area contributed by atoms with Crippen molar-refractivity contribution in [1.82, 2.24) is 9.55 Å². The summed E-state index contributed by atoms with van der Waals surface area (Å²) >= 11 is 0. The number of hydrogen-bond acceptors (Lipinski definition) is 5. The smallest absolute Gasteiger partial charge is 0.137 e. The number of imidazole rings is 1. The molecule has 156 valence electrons. The SMILES string of the molecule is C[C@H](O)c1nccn1[C@@H](/C=C/c1ccc(-c2ccc(OC3CC3N)cc2)cc1)CO. The Balaban J connectivity index is 1.43. The average molecular weight is 405 g/mol. The molecule has 2 aromatic carbocycles. The first kappa shape index (κ1) is 20.3. The molecule has 1 aliphatic rings. The summed E-state index contributed by atoms with van der Waals surface area (Å²) in [6.45, 7) is 1.58. The van der Waals surface area contributed by atoms with E-state index in [0.29, 0.717) is 5.82 Å². The molecule has 1 aliphatic carbocycles. The Morgan fingerprint density at radius 1 is 1.17 bits per heavy atom. The van der Waals surface area contributed by atoms with Crippen molar-refractivity contribution in [3.05, 3.63) is 78.4 Å². The predicted octanol–water partition coefficient (Wildman–Crippen LogP) is 3.33. The highest BCUT2D eigenvalue weighted by Crippen LogP contribution is 2.28. The molecule has 0 amide bonds. The Hall–Kier alpha value is -2.93. The van der Waals surface area contributed by atoms with Crippen LogP contribution in [0.4, 0.5) is 0 Å². The third-order valence-corrected chi connectivity index (χ3v) is 5.29. The van der Waals surface area contributed by atoms with E-state index in [4.69, 9.17) is 10.5 Å². The first-order valence-electron chi connectivity index (χ1n) is 10.2. The number of nitrogens with two attached hydrogens (primary N) is 1. The van der Waals surface area contributed by atoms with Crippen LogP contribution in [0, 0.1) is 0 Å². The first-order valence-corrected chi connectivity index (χ1v) is 10.2. The van der Waals surface area contributed by atoms with Gasteiger partial charge in [0, 0.05) is 24.9 Å². The second kappa shape index (κ2) is 8.83. The minimum Gasteiger partial charge on any atom is -0.489 e. The number of rotatable bonds is 8. The lowest BCUT2D eigenvalue weighted by molar-refractivity contribution is 0.175. The molecule has 0 spiro atoms. The van der Waals surface area contributed by atoms with E-state index in [-0.39, 0.29) is 24.8 Å². The monoisotopic (exact) mass is 405 g/mol. The van der Waals surface area contributed by atoms with E-state index in [1.54, 1.807) is 23.9 Å². The summed E-state index contributed by atoms with van der Waals surface area (Å²) in [5.41, 5.74) is 9.05. The Labute approximate surface area is 176 Å². The second-order valence-electron chi connectivity index (χ2n) is 7.68. The number of hydrogen-bond donors (Lipinski definition) is 3. The highest BCUT2D eigenvalue weighted by Gasteiger charge is 2.35. The van der Waals surface area contributed by atoms with E-state index in [1.165, 1.54) is 0 Å². The van der Waals surface area contributed by atoms with E-state index in [2.05, 4.69) is 17.1 Å². The van der Waals surface area contributed by atoms with E-state index < -0.39 is 6.10 Å². The number of benzene rings is 2. The third kappa shape index (κ3) is 4.62. The van der Waals surface area contributed by atoms with E-state index in [9.17, 15) is 10.2 Å². The number of aliphatic hydroxyl groups excluding tert-OH is 2. The molecular weight excluding hydrogens is 378 g/mol. The van der Waals surface area contributed by atoms with Gasteiger partial charge in [0.2, 0.25) is 0 Å². The molecule has 6 nitrogen and oxygen atoms in total. The standard InChI is InChI=1S/C24H27N3O3/c1-16(29)24-26-12-13-27(24)20(15-28)9-4-17-2-5-18(6-3-17)19-7-10-21(11-8-19)30-23-14-22(23)25/h2-13,16,20,22-23,28-29H,14-15,25H2,1H3/b9-4+/t16-,20-,22?,23?/m0/s1. The molecular formula is C24H27N3O3. The maximum absolute atomic E-state index is 9.83. The van der Waals surface area contributed by atoms with Crippen LogP contribution in [0.2, 0.25) is 0 Å². The van der Waals surface area contributed by atoms with Crippen LogP contribution in [0.25, 0.3) is 17.2 Å². The lowest BCUT2D eigenvalue weighted by Gasteiger charge is -2.16. The van der Waals surface area contributed by atoms with Gasteiger partial charge in [0.1, 0.15) is 23.8 Å². The van der Waals surface area contributed by atoms with Crippen LogP contribution in [-0.4, -0.2) is 38.5 Å². The average Bonchev–Trinajstić information content (AvgIpc) is 3.24. The molecule has 2 unspecified atom stereocenters. The zero-order chi connectivity index (χ0) is 21.1. The van der Waals surface area contributed by atoms with Crippen LogP contribution in [-0.2, 0) is 0 Å². The van der Waals surface area contributed by atoms with Gasteiger partial charge in [-0.25, -0.2) is 4.98 Å². The molecule has 0 bridgehead atoms. The van der Waals surface area contributed by atoms with Gasteiger partial charge in [0.05, 0.1) is 12.6 Å². The van der Waals surface area contributed by atoms with Crippen LogP contribution >= 0.6 is 0 Å². The Morgan fingerprint density at radius 2 is 1.80 bits per heavy atom. The number of ether oxygens (including phenoxy) is 1. The van der Waals surface area contributed by atoms with Crippen molar-refractivity contribution in [3.63, 3.8) is 0 Å². The van der Waals surface area contributed by atoms with Gasteiger partial charge in [0.15, 0.2) is 0 Å². The summed E-state index contributed by atoms with van der Waals surface area (Å²) in [4.78, 5) is 4.17. The van der Waals surface area contributed by atoms with Crippen LogP contribution in [0.15, 0.2) is 67.0 Å². The minimum atomic E-state index is -0.695. The topological polar surface area (TPSA) is 93.5 Å². The number of nitrogens with zero attached hydrogens (tertiary/aromatic N) is 2. The summed E-state index contributed by atoms with van der Waals surface area (Å²) in [6.07, 6.45) is 7.66. The van der Waals surface area contributed by atoms with E-state index in [1.807, 2.05) is 48.6 Å². The molecule has 4 atom stereocenters. The normalized spacial score (nSPS) is 20.3. The molecule has 0 saturated heterocycles. The Kier molecular flexibility index (Phi) is 5.99. The zero-order valence-electron chi connectivity index (χ0n) is 16.9.